The number of amides is 5. The predicted octanol–water partition coefficient (Wildman–Crippen LogP) is 6.14. The zero-order chi connectivity index (χ0) is 47.9. The van der Waals surface area contributed by atoms with Gasteiger partial charge in [0.05, 0.1) is 46.9 Å². The lowest BCUT2D eigenvalue weighted by Gasteiger charge is -2.54. The van der Waals surface area contributed by atoms with Crippen molar-refractivity contribution in [2.24, 2.45) is 11.3 Å². The van der Waals surface area contributed by atoms with Crippen molar-refractivity contribution >= 4 is 52.0 Å². The molecule has 3 fully saturated rings. The molecule has 1 saturated carbocycles. The number of thiazole rings is 1. The highest BCUT2D eigenvalue weighted by Gasteiger charge is 2.48. The van der Waals surface area contributed by atoms with Crippen LogP contribution in [0.2, 0.25) is 0 Å². The molecule has 1 aromatic carbocycles. The van der Waals surface area contributed by atoms with E-state index in [-0.39, 0.29) is 49.1 Å². The molecule has 6 bridgehead atoms. The zero-order valence-electron chi connectivity index (χ0n) is 40.0. The molecule has 3 aliphatic heterocycles. The Bertz CT molecular complexity index is 2550. The summed E-state index contributed by atoms with van der Waals surface area (Å²) in [6, 6.07) is 7.08. The van der Waals surface area contributed by atoms with Gasteiger partial charge in [-0.25, -0.2) is 15.2 Å². The number of carbonyl (C=O) groups is 5. The number of nitrogens with one attached hydrogen (secondary N) is 2. The van der Waals surface area contributed by atoms with Gasteiger partial charge in [-0.05, 0) is 87.8 Å². The molecule has 2 saturated heterocycles. The molecule has 0 spiro atoms. The maximum atomic E-state index is 14.7. The van der Waals surface area contributed by atoms with Crippen molar-refractivity contribution in [3.05, 3.63) is 70.8 Å². The third kappa shape index (κ3) is 9.34. The largest absolute Gasteiger partial charge is 0.464 e. The van der Waals surface area contributed by atoms with E-state index in [1.807, 2.05) is 32.2 Å². The fraction of sp³-hybridized carbons (Fsp3) is 0.540. The van der Waals surface area contributed by atoms with Crippen LogP contribution in [0.25, 0.3) is 33.4 Å². The molecule has 17 heteroatoms. The second-order valence-electron chi connectivity index (χ2n) is 19.5. The van der Waals surface area contributed by atoms with Crippen LogP contribution < -0.4 is 10.7 Å². The number of ether oxygens (including phenoxy) is 2. The molecule has 0 radical (unpaired) electrons. The maximum Gasteiger partial charge on any atom is 0.324 e. The standard InChI is InChI=1S/C50H65N9O7S/c1-10-42(60)57-22-23-58(40-19-18-39(40)57)49(64)55(8)44(29(3)4)46(61)53-36-25-41-52-37(27-67-41)31-16-17-38-33(24-31)34(45(56(38)11-2)32-14-12-20-51-43(32)30(5)65-9)26-50(6,7)28-66-48(63)35-15-13-21-59(54-35)47(36)62/h10,12,14,16-17,20,24,27,29-30,35-36,39-40,44,54H,1,11,13,15,18-19,21-23,25-26,28H2,2-9H3,(H,53,61)/t30-,35-,36-,39+,40-,44-/m0/s1. The summed E-state index contributed by atoms with van der Waals surface area (Å²) >= 11 is 1.41. The highest BCUT2D eigenvalue weighted by molar-refractivity contribution is 7.10. The molecule has 3 aromatic heterocycles. The minimum atomic E-state index is -1.08. The number of benzene rings is 1. The first kappa shape index (κ1) is 47.8. The molecule has 4 aliphatic rings. The van der Waals surface area contributed by atoms with Crippen molar-refractivity contribution in [2.45, 2.75) is 123 Å². The summed E-state index contributed by atoms with van der Waals surface area (Å²) in [6.45, 7) is 17.6. The third-order valence-electron chi connectivity index (χ3n) is 14.1. The summed E-state index contributed by atoms with van der Waals surface area (Å²) in [5.74, 6) is -1.82. The molecule has 0 unspecified atom stereocenters. The smallest absolute Gasteiger partial charge is 0.324 e. The summed E-state index contributed by atoms with van der Waals surface area (Å²) in [5.41, 5.74) is 9.28. The molecule has 358 valence electrons. The number of fused-ring (bicyclic) bond motifs is 7. The fourth-order valence-electron chi connectivity index (χ4n) is 10.4. The molecule has 2 N–H and O–H groups in total. The van der Waals surface area contributed by atoms with Crippen LogP contribution in [0.3, 0.4) is 0 Å². The van der Waals surface area contributed by atoms with Crippen LogP contribution in [0.1, 0.15) is 89.6 Å². The molecule has 1 aliphatic carbocycles. The van der Waals surface area contributed by atoms with E-state index < -0.39 is 41.3 Å². The second kappa shape index (κ2) is 19.5. The van der Waals surface area contributed by atoms with E-state index in [9.17, 15) is 24.0 Å². The summed E-state index contributed by atoms with van der Waals surface area (Å²) < 4.78 is 14.3. The molecule has 16 nitrogen and oxygen atoms in total. The Balaban J connectivity index is 1.14. The molecular formula is C50H65N9O7S. The lowest BCUT2D eigenvalue weighted by Crippen LogP contribution is -2.69. The number of nitrogens with zero attached hydrogens (tertiary/aromatic N) is 7. The molecule has 5 amide bonds. The van der Waals surface area contributed by atoms with E-state index >= 15 is 0 Å². The number of hydrogen-bond donors (Lipinski definition) is 2. The molecule has 4 aromatic rings. The van der Waals surface area contributed by atoms with Gasteiger partial charge in [-0.3, -0.25) is 29.2 Å². The van der Waals surface area contributed by atoms with Gasteiger partial charge >= 0.3 is 12.0 Å². The SMILES string of the molecule is C=CC(=O)N1CCN(C(=O)N(C)[C@H](C(=O)N[C@H]2Cc3nc(cs3)-c3ccc4c(c3)c(c(-c3cccnc3[C@H](C)OC)n4CC)CC(C)(C)COC(=O)[C@@H]3CCCN(N3)C2=O)C(C)C)[C@H]2CC[C@H]21. The van der Waals surface area contributed by atoms with Gasteiger partial charge in [-0.15, -0.1) is 11.3 Å². The Labute approximate surface area is 397 Å². The van der Waals surface area contributed by atoms with Gasteiger partial charge in [0, 0.05) is 85.8 Å². The van der Waals surface area contributed by atoms with E-state index in [1.54, 1.807) is 30.2 Å². The van der Waals surface area contributed by atoms with Crippen molar-refractivity contribution in [3.8, 4) is 22.5 Å². The van der Waals surface area contributed by atoms with Crippen molar-refractivity contribution in [1.82, 2.24) is 45.0 Å². The van der Waals surface area contributed by atoms with Gasteiger partial charge in [-0.2, -0.15) is 0 Å². The molecular weight excluding hydrogens is 871 g/mol. The summed E-state index contributed by atoms with van der Waals surface area (Å²) in [4.78, 5) is 85.0. The lowest BCUT2D eigenvalue weighted by molar-refractivity contribution is -0.155. The number of hydrogen-bond acceptors (Lipinski definition) is 11. The fourth-order valence-corrected chi connectivity index (χ4v) is 11.3. The minimum absolute atomic E-state index is 0.0770. The number of urea groups is 1. The highest BCUT2D eigenvalue weighted by Crippen LogP contribution is 2.42. The Morgan fingerprint density at radius 2 is 1.84 bits per heavy atom. The van der Waals surface area contributed by atoms with Crippen LogP contribution >= 0.6 is 11.3 Å². The van der Waals surface area contributed by atoms with Crippen molar-refractivity contribution in [2.75, 3.05) is 40.4 Å². The van der Waals surface area contributed by atoms with E-state index in [2.05, 4.69) is 66.9 Å². The Morgan fingerprint density at radius 3 is 2.54 bits per heavy atom. The summed E-state index contributed by atoms with van der Waals surface area (Å²) in [5, 5.41) is 8.14. The Kier molecular flexibility index (Phi) is 13.9. The van der Waals surface area contributed by atoms with E-state index in [1.165, 1.54) is 27.3 Å². The first-order valence-electron chi connectivity index (χ1n) is 23.6. The third-order valence-corrected chi connectivity index (χ3v) is 14.9. The topological polar surface area (TPSA) is 172 Å². The average molecular weight is 936 g/mol. The van der Waals surface area contributed by atoms with Crippen LogP contribution in [0, 0.1) is 11.3 Å². The monoisotopic (exact) mass is 935 g/mol. The highest BCUT2D eigenvalue weighted by atomic mass is 32.1. The van der Waals surface area contributed by atoms with Crippen LogP contribution in [0.5, 0.6) is 0 Å². The number of esters is 1. The predicted molar refractivity (Wildman–Crippen MR) is 257 cm³/mol. The average Bonchev–Trinajstić information content (AvgIpc) is 3.90. The van der Waals surface area contributed by atoms with Crippen LogP contribution in [-0.2, 0) is 48.0 Å². The number of aryl methyl sites for hydroxylation is 1. The molecule has 8 rings (SSSR count). The summed E-state index contributed by atoms with van der Waals surface area (Å²) in [6.07, 6.45) is 6.05. The van der Waals surface area contributed by atoms with Gasteiger partial charge in [0.15, 0.2) is 0 Å². The number of pyridine rings is 1. The number of methoxy groups -OCH3 is 1. The Hall–Kier alpha value is -5.65. The number of rotatable bonds is 9. The maximum absolute atomic E-state index is 14.7. The van der Waals surface area contributed by atoms with E-state index in [4.69, 9.17) is 19.4 Å². The van der Waals surface area contributed by atoms with Crippen molar-refractivity contribution < 1.29 is 33.4 Å². The van der Waals surface area contributed by atoms with E-state index in [0.717, 1.165) is 57.5 Å². The number of piperazine rings is 1. The van der Waals surface area contributed by atoms with Crippen LogP contribution in [0.15, 0.2) is 54.6 Å². The van der Waals surface area contributed by atoms with Gasteiger partial charge in [-0.1, -0.05) is 40.3 Å². The minimum Gasteiger partial charge on any atom is -0.464 e. The lowest BCUT2D eigenvalue weighted by atomic mass is 9.81. The zero-order valence-corrected chi connectivity index (χ0v) is 40.9. The molecule has 6 heterocycles. The van der Waals surface area contributed by atoms with Crippen molar-refractivity contribution in [1.29, 1.82) is 0 Å². The number of cyclic esters (lactones) is 1. The van der Waals surface area contributed by atoms with Crippen LogP contribution in [-0.4, -0.2) is 135 Å². The molecule has 6 atom stereocenters. The first-order chi connectivity index (χ1) is 32.0. The normalized spacial score (nSPS) is 22.9. The summed E-state index contributed by atoms with van der Waals surface area (Å²) in [7, 11) is 3.31. The number of likely N-dealkylation sites (N-methyl/N-ethyl adjacent to an activating group) is 1. The van der Waals surface area contributed by atoms with Crippen LogP contribution in [0.4, 0.5) is 4.79 Å². The van der Waals surface area contributed by atoms with Gasteiger partial charge in [0.1, 0.15) is 18.1 Å². The van der Waals surface area contributed by atoms with Gasteiger partial charge in [0.25, 0.3) is 5.91 Å². The van der Waals surface area contributed by atoms with Gasteiger partial charge in [0.2, 0.25) is 11.8 Å². The van der Waals surface area contributed by atoms with Crippen molar-refractivity contribution in [3.63, 3.8) is 0 Å². The number of hydrazine groups is 1. The first-order valence-corrected chi connectivity index (χ1v) is 24.5. The Morgan fingerprint density at radius 1 is 1.09 bits per heavy atom. The quantitative estimate of drug-likeness (QED) is 0.147. The number of aromatic nitrogens is 3. The van der Waals surface area contributed by atoms with E-state index in [0.29, 0.717) is 50.4 Å². The van der Waals surface area contributed by atoms with Gasteiger partial charge < -0.3 is 34.1 Å². The second-order valence-corrected chi connectivity index (χ2v) is 20.4. The number of carbonyl (C=O) groups excluding carboxylic acids is 5. The molecule has 67 heavy (non-hydrogen) atoms.